The molecule has 1 amide bonds. The molecule has 0 bridgehead atoms. The fourth-order valence-electron chi connectivity index (χ4n) is 3.33. The van der Waals surface area contributed by atoms with Crippen LogP contribution in [-0.4, -0.2) is 36.4 Å². The molecule has 0 heterocycles. The molecular weight excluding hydrogens is 252 g/mol. The topological polar surface area (TPSA) is 41.6 Å². The number of carbonyl (C=O) groups is 1. The molecule has 4 heteroatoms. The van der Waals surface area contributed by atoms with Gasteiger partial charge in [0.15, 0.2) is 0 Å². The Morgan fingerprint density at radius 1 is 1.10 bits per heavy atom. The lowest BCUT2D eigenvalue weighted by Gasteiger charge is -2.45. The molecule has 0 atom stereocenters. The van der Waals surface area contributed by atoms with Gasteiger partial charge in [-0.25, -0.2) is 4.79 Å². The van der Waals surface area contributed by atoms with E-state index in [4.69, 9.17) is 4.74 Å². The first kappa shape index (κ1) is 15.6. The van der Waals surface area contributed by atoms with Crippen LogP contribution in [0, 0.1) is 11.8 Å². The minimum atomic E-state index is -0.442. The summed E-state index contributed by atoms with van der Waals surface area (Å²) in [4.78, 5) is 14.3. The number of hydrogen-bond donors (Lipinski definition) is 1. The second-order valence-corrected chi connectivity index (χ2v) is 7.73. The van der Waals surface area contributed by atoms with E-state index in [2.05, 4.69) is 24.3 Å². The van der Waals surface area contributed by atoms with Gasteiger partial charge in [0.2, 0.25) is 0 Å². The summed E-state index contributed by atoms with van der Waals surface area (Å²) in [5.41, 5.74) is -0.670. The van der Waals surface area contributed by atoms with E-state index in [1.165, 1.54) is 25.7 Å². The molecule has 0 saturated heterocycles. The quantitative estimate of drug-likeness (QED) is 0.807. The summed E-state index contributed by atoms with van der Waals surface area (Å²) in [5, 5.41) is 3.13. The first-order valence-electron chi connectivity index (χ1n) is 7.90. The van der Waals surface area contributed by atoms with Crippen molar-refractivity contribution in [3.63, 3.8) is 0 Å². The van der Waals surface area contributed by atoms with Crippen molar-refractivity contribution in [2.75, 3.05) is 14.1 Å². The molecule has 2 rings (SSSR count). The number of nitrogens with zero attached hydrogens (tertiary/aromatic N) is 1. The molecule has 116 valence electrons. The van der Waals surface area contributed by atoms with Crippen molar-refractivity contribution in [1.82, 2.24) is 10.2 Å². The van der Waals surface area contributed by atoms with Gasteiger partial charge in [-0.3, -0.25) is 4.90 Å². The van der Waals surface area contributed by atoms with Crippen LogP contribution in [0.15, 0.2) is 0 Å². The normalized spacial score (nSPS) is 31.2. The third-order valence-corrected chi connectivity index (χ3v) is 4.74. The van der Waals surface area contributed by atoms with Gasteiger partial charge in [-0.15, -0.1) is 0 Å². The average Bonchev–Trinajstić information content (AvgIpc) is 3.10. The van der Waals surface area contributed by atoms with Gasteiger partial charge in [-0.2, -0.15) is 0 Å². The van der Waals surface area contributed by atoms with Gasteiger partial charge in [0.05, 0.1) is 5.66 Å². The van der Waals surface area contributed by atoms with Crippen LogP contribution in [0.4, 0.5) is 4.79 Å². The second kappa shape index (κ2) is 5.55. The summed E-state index contributed by atoms with van der Waals surface area (Å²) in [5.74, 6) is 1.85. The smallest absolute Gasteiger partial charge is 0.409 e. The Morgan fingerprint density at radius 3 is 2.00 bits per heavy atom. The molecule has 0 aromatic heterocycles. The van der Waals surface area contributed by atoms with E-state index in [0.717, 1.165) is 24.7 Å². The van der Waals surface area contributed by atoms with Gasteiger partial charge in [0, 0.05) is 0 Å². The van der Waals surface area contributed by atoms with Gasteiger partial charge in [-0.05, 0) is 85.2 Å². The summed E-state index contributed by atoms with van der Waals surface area (Å²) >= 11 is 0. The highest BCUT2D eigenvalue weighted by molar-refractivity contribution is 5.68. The Balaban J connectivity index is 1.94. The van der Waals surface area contributed by atoms with Crippen molar-refractivity contribution in [2.45, 2.75) is 70.6 Å². The van der Waals surface area contributed by atoms with Crippen molar-refractivity contribution in [2.24, 2.45) is 11.8 Å². The van der Waals surface area contributed by atoms with Crippen molar-refractivity contribution in [3.8, 4) is 0 Å². The number of hydrogen-bond acceptors (Lipinski definition) is 3. The lowest BCUT2D eigenvalue weighted by atomic mass is 9.79. The SMILES string of the molecule is CN(C)[C@]1(NC(=O)OC(C)(C)C)CC[C@@H](C2CC2)CC1. The number of amides is 1. The van der Waals surface area contributed by atoms with Crippen LogP contribution in [0.25, 0.3) is 0 Å². The van der Waals surface area contributed by atoms with Crippen LogP contribution in [-0.2, 0) is 4.74 Å². The minimum absolute atomic E-state index is 0.228. The molecule has 2 aliphatic rings. The number of alkyl carbamates (subject to hydrolysis) is 1. The minimum Gasteiger partial charge on any atom is -0.444 e. The van der Waals surface area contributed by atoms with Crippen LogP contribution in [0.2, 0.25) is 0 Å². The molecule has 2 aliphatic carbocycles. The lowest BCUT2D eigenvalue weighted by Crippen LogP contribution is -2.60. The van der Waals surface area contributed by atoms with E-state index in [9.17, 15) is 4.79 Å². The number of carbonyl (C=O) groups excluding carboxylic acids is 1. The predicted molar refractivity (Wildman–Crippen MR) is 80.5 cm³/mol. The molecule has 1 N–H and O–H groups in total. The van der Waals surface area contributed by atoms with E-state index in [1.54, 1.807) is 0 Å². The maximum absolute atomic E-state index is 12.1. The summed E-state index contributed by atoms with van der Waals surface area (Å²) in [6, 6.07) is 0. The summed E-state index contributed by atoms with van der Waals surface area (Å²) in [6.07, 6.45) is 7.03. The Morgan fingerprint density at radius 2 is 1.60 bits per heavy atom. The largest absolute Gasteiger partial charge is 0.444 e. The molecule has 2 saturated carbocycles. The summed E-state index contributed by atoms with van der Waals surface area (Å²) in [6.45, 7) is 5.71. The van der Waals surface area contributed by atoms with Gasteiger partial charge in [0.25, 0.3) is 0 Å². The molecule has 2 fully saturated rings. The Kier molecular flexibility index (Phi) is 4.33. The fraction of sp³-hybridized carbons (Fsp3) is 0.938. The Bertz CT molecular complexity index is 348. The van der Waals surface area contributed by atoms with Crippen molar-refractivity contribution in [1.29, 1.82) is 0 Å². The zero-order chi connectivity index (χ0) is 15.0. The van der Waals surface area contributed by atoms with E-state index >= 15 is 0 Å². The fourth-order valence-corrected chi connectivity index (χ4v) is 3.33. The zero-order valence-corrected chi connectivity index (χ0v) is 13.7. The number of ether oxygens (including phenoxy) is 1. The van der Waals surface area contributed by atoms with Gasteiger partial charge in [0.1, 0.15) is 5.60 Å². The van der Waals surface area contributed by atoms with Gasteiger partial charge in [-0.1, -0.05) is 0 Å². The highest BCUT2D eigenvalue weighted by Gasteiger charge is 2.43. The molecule has 4 nitrogen and oxygen atoms in total. The Hall–Kier alpha value is -0.770. The van der Waals surface area contributed by atoms with Crippen LogP contribution in [0.3, 0.4) is 0 Å². The van der Waals surface area contributed by atoms with Crippen molar-refractivity contribution < 1.29 is 9.53 Å². The molecule has 0 aromatic carbocycles. The van der Waals surface area contributed by atoms with E-state index < -0.39 is 5.60 Å². The summed E-state index contributed by atoms with van der Waals surface area (Å²) < 4.78 is 5.43. The zero-order valence-electron chi connectivity index (χ0n) is 13.7. The Labute approximate surface area is 123 Å². The molecule has 0 aliphatic heterocycles. The van der Waals surface area contributed by atoms with Crippen LogP contribution < -0.4 is 5.32 Å². The number of nitrogens with one attached hydrogen (secondary N) is 1. The maximum atomic E-state index is 12.1. The third-order valence-electron chi connectivity index (χ3n) is 4.74. The van der Waals surface area contributed by atoms with Crippen LogP contribution >= 0.6 is 0 Å². The predicted octanol–water partition coefficient (Wildman–Crippen LogP) is 3.37. The molecular formula is C16H30N2O2. The lowest BCUT2D eigenvalue weighted by molar-refractivity contribution is 0.00823. The highest BCUT2D eigenvalue weighted by atomic mass is 16.6. The first-order chi connectivity index (χ1) is 9.22. The van der Waals surface area contributed by atoms with Crippen LogP contribution in [0.1, 0.15) is 59.3 Å². The highest BCUT2D eigenvalue weighted by Crippen LogP contribution is 2.46. The summed E-state index contributed by atoms with van der Waals surface area (Å²) in [7, 11) is 4.10. The van der Waals surface area contributed by atoms with Crippen LogP contribution in [0.5, 0.6) is 0 Å². The first-order valence-corrected chi connectivity index (χ1v) is 7.90. The molecule has 0 radical (unpaired) electrons. The van der Waals surface area contributed by atoms with E-state index in [-0.39, 0.29) is 11.8 Å². The molecule has 20 heavy (non-hydrogen) atoms. The average molecular weight is 282 g/mol. The van der Waals surface area contributed by atoms with E-state index in [0.29, 0.717) is 0 Å². The van der Waals surface area contributed by atoms with E-state index in [1.807, 2.05) is 20.8 Å². The van der Waals surface area contributed by atoms with Crippen molar-refractivity contribution in [3.05, 3.63) is 0 Å². The molecule has 0 spiro atoms. The molecule has 0 unspecified atom stereocenters. The standard InChI is InChI=1S/C16H30N2O2/c1-15(2,3)20-14(19)17-16(18(4)5)10-8-13(9-11-16)12-6-7-12/h12-13H,6-11H2,1-5H3,(H,17,19)/t13-,16-. The monoisotopic (exact) mass is 282 g/mol. The maximum Gasteiger partial charge on any atom is 0.409 e. The molecule has 0 aromatic rings. The second-order valence-electron chi connectivity index (χ2n) is 7.73. The van der Waals surface area contributed by atoms with Gasteiger partial charge < -0.3 is 10.1 Å². The van der Waals surface area contributed by atoms with Crippen molar-refractivity contribution >= 4 is 6.09 Å². The third kappa shape index (κ3) is 3.87. The number of rotatable bonds is 3. The van der Waals surface area contributed by atoms with Gasteiger partial charge >= 0.3 is 6.09 Å².